The first-order valence-electron chi connectivity index (χ1n) is 4.64. The number of hydrogen-bond acceptors (Lipinski definition) is 5. The van der Waals surface area contributed by atoms with Gasteiger partial charge >= 0.3 is 6.01 Å². The molecule has 0 N–H and O–H groups in total. The first-order valence-corrected chi connectivity index (χ1v) is 4.64. The highest BCUT2D eigenvalue weighted by molar-refractivity contribution is 5.75. The fourth-order valence-electron chi connectivity index (χ4n) is 1.22. The molecule has 0 radical (unpaired) electrons. The Balaban J connectivity index is 2.45. The Bertz CT molecular complexity index is 473. The van der Waals surface area contributed by atoms with Crippen LogP contribution >= 0.6 is 0 Å². The third-order valence-electron chi connectivity index (χ3n) is 1.92. The molecule has 1 aromatic heterocycles. The van der Waals surface area contributed by atoms with Crippen molar-refractivity contribution in [3.63, 3.8) is 0 Å². The van der Waals surface area contributed by atoms with Crippen LogP contribution in [0.3, 0.4) is 0 Å². The van der Waals surface area contributed by atoms with E-state index in [0.29, 0.717) is 18.1 Å². The molecule has 5 heteroatoms. The van der Waals surface area contributed by atoms with E-state index in [1.165, 1.54) is 0 Å². The van der Waals surface area contributed by atoms with Gasteiger partial charge in [0.25, 0.3) is 0 Å². The second kappa shape index (κ2) is 4.08. The highest BCUT2D eigenvalue weighted by atomic mass is 16.5. The number of rotatable bonds is 3. The predicted molar refractivity (Wildman–Crippen MR) is 55.1 cm³/mol. The lowest BCUT2D eigenvalue weighted by Gasteiger charge is -2.02. The molecule has 0 amide bonds. The molecule has 0 aliphatic carbocycles. The number of methoxy groups -OCH3 is 1. The van der Waals surface area contributed by atoms with Gasteiger partial charge in [-0.15, -0.1) is 5.10 Å². The molecule has 78 valence electrons. The van der Waals surface area contributed by atoms with Gasteiger partial charge in [0.2, 0.25) is 0 Å². The van der Waals surface area contributed by atoms with E-state index in [1.54, 1.807) is 13.2 Å². The molecule has 0 spiro atoms. The van der Waals surface area contributed by atoms with Crippen molar-refractivity contribution in [3.8, 4) is 11.8 Å². The minimum absolute atomic E-state index is 0.301. The summed E-state index contributed by atoms with van der Waals surface area (Å²) in [7, 11) is 1.61. The Morgan fingerprint density at radius 1 is 1.20 bits per heavy atom. The van der Waals surface area contributed by atoms with Gasteiger partial charge in [-0.3, -0.25) is 0 Å². The third kappa shape index (κ3) is 1.96. The van der Waals surface area contributed by atoms with Crippen LogP contribution in [0.1, 0.15) is 6.92 Å². The Morgan fingerprint density at radius 2 is 2.07 bits per heavy atom. The van der Waals surface area contributed by atoms with Crippen LogP contribution in [0, 0.1) is 0 Å². The maximum absolute atomic E-state index is 5.15. The maximum atomic E-state index is 5.15. The average molecular weight is 205 g/mol. The molecule has 0 unspecified atom stereocenters. The van der Waals surface area contributed by atoms with Gasteiger partial charge in [0, 0.05) is 6.07 Å². The number of aromatic nitrogens is 3. The molecule has 0 bridgehead atoms. The number of ether oxygens (including phenoxy) is 2. The average Bonchev–Trinajstić information content (AvgIpc) is 2.29. The van der Waals surface area contributed by atoms with E-state index < -0.39 is 0 Å². The van der Waals surface area contributed by atoms with Crippen molar-refractivity contribution in [2.45, 2.75) is 6.92 Å². The normalized spacial score (nSPS) is 10.3. The fourth-order valence-corrected chi connectivity index (χ4v) is 1.22. The Kier molecular flexibility index (Phi) is 2.62. The van der Waals surface area contributed by atoms with E-state index in [9.17, 15) is 0 Å². The van der Waals surface area contributed by atoms with Crippen LogP contribution in [-0.4, -0.2) is 28.9 Å². The number of fused-ring (bicyclic) bond motifs is 1. The van der Waals surface area contributed by atoms with Crippen LogP contribution in [-0.2, 0) is 0 Å². The van der Waals surface area contributed by atoms with Crippen LogP contribution in [0.5, 0.6) is 11.8 Å². The molecular weight excluding hydrogens is 194 g/mol. The molecule has 0 aliphatic heterocycles. The minimum Gasteiger partial charge on any atom is -0.497 e. The van der Waals surface area contributed by atoms with E-state index in [2.05, 4.69) is 15.2 Å². The summed E-state index contributed by atoms with van der Waals surface area (Å²) < 4.78 is 10.2. The number of benzene rings is 1. The van der Waals surface area contributed by atoms with Gasteiger partial charge in [-0.2, -0.15) is 4.98 Å². The van der Waals surface area contributed by atoms with Crippen LogP contribution in [0.25, 0.3) is 11.0 Å². The van der Waals surface area contributed by atoms with Crippen LogP contribution < -0.4 is 9.47 Å². The summed E-state index contributed by atoms with van der Waals surface area (Å²) in [5.41, 5.74) is 1.44. The Labute approximate surface area is 87.1 Å². The van der Waals surface area contributed by atoms with Crippen molar-refractivity contribution in [1.29, 1.82) is 0 Å². The fraction of sp³-hybridized carbons (Fsp3) is 0.300. The molecule has 5 nitrogen and oxygen atoms in total. The molecule has 0 saturated heterocycles. The summed E-state index contributed by atoms with van der Waals surface area (Å²) in [6, 6.07) is 5.73. The van der Waals surface area contributed by atoms with E-state index in [4.69, 9.17) is 9.47 Å². The van der Waals surface area contributed by atoms with E-state index in [-0.39, 0.29) is 0 Å². The summed E-state index contributed by atoms with van der Waals surface area (Å²) in [5.74, 6) is 0.739. The van der Waals surface area contributed by atoms with Gasteiger partial charge in [0.15, 0.2) is 0 Å². The van der Waals surface area contributed by atoms with Crippen molar-refractivity contribution in [3.05, 3.63) is 18.2 Å². The van der Waals surface area contributed by atoms with Crippen LogP contribution in [0.4, 0.5) is 0 Å². The smallest absolute Gasteiger partial charge is 0.336 e. The zero-order valence-electron chi connectivity index (χ0n) is 8.60. The van der Waals surface area contributed by atoms with Crippen LogP contribution in [0.15, 0.2) is 18.2 Å². The first-order chi connectivity index (χ1) is 7.33. The predicted octanol–water partition coefficient (Wildman–Crippen LogP) is 1.43. The van der Waals surface area contributed by atoms with E-state index >= 15 is 0 Å². The minimum atomic E-state index is 0.301. The molecule has 2 aromatic rings. The van der Waals surface area contributed by atoms with Crippen molar-refractivity contribution in [2.24, 2.45) is 0 Å². The molecule has 0 aliphatic rings. The monoisotopic (exact) mass is 205 g/mol. The van der Waals surface area contributed by atoms with Gasteiger partial charge in [-0.05, 0) is 19.1 Å². The lowest BCUT2D eigenvalue weighted by atomic mass is 10.3. The zero-order chi connectivity index (χ0) is 10.7. The molecule has 1 heterocycles. The summed E-state index contributed by atoms with van der Waals surface area (Å²) in [6.07, 6.45) is 0. The second-order valence-electron chi connectivity index (χ2n) is 2.88. The topological polar surface area (TPSA) is 57.1 Å². The lowest BCUT2D eigenvalue weighted by Crippen LogP contribution is -1.99. The van der Waals surface area contributed by atoms with Crippen molar-refractivity contribution in [1.82, 2.24) is 15.2 Å². The Hall–Kier alpha value is -1.91. The van der Waals surface area contributed by atoms with Gasteiger partial charge in [0.05, 0.1) is 19.2 Å². The maximum Gasteiger partial charge on any atom is 0.336 e. The summed E-state index contributed by atoms with van der Waals surface area (Å²) >= 11 is 0. The van der Waals surface area contributed by atoms with Gasteiger partial charge in [0.1, 0.15) is 11.3 Å². The molecule has 0 atom stereocenters. The highest BCUT2D eigenvalue weighted by Gasteiger charge is 2.02. The van der Waals surface area contributed by atoms with Crippen molar-refractivity contribution in [2.75, 3.05) is 13.7 Å². The number of hydrogen-bond donors (Lipinski definition) is 0. The van der Waals surface area contributed by atoms with Gasteiger partial charge in [-0.25, -0.2) is 0 Å². The first kappa shape index (κ1) is 9.64. The second-order valence-corrected chi connectivity index (χ2v) is 2.88. The summed E-state index contributed by atoms with van der Waals surface area (Å²) in [4.78, 5) is 4.19. The molecule has 2 rings (SSSR count). The van der Waals surface area contributed by atoms with Gasteiger partial charge in [-0.1, -0.05) is 5.10 Å². The van der Waals surface area contributed by atoms with Crippen LogP contribution in [0.2, 0.25) is 0 Å². The molecule has 0 fully saturated rings. The number of nitrogens with zero attached hydrogens (tertiary/aromatic N) is 3. The van der Waals surface area contributed by atoms with Crippen molar-refractivity contribution < 1.29 is 9.47 Å². The highest BCUT2D eigenvalue weighted by Crippen LogP contribution is 2.17. The third-order valence-corrected chi connectivity index (χ3v) is 1.92. The molecule has 0 saturated carbocycles. The van der Waals surface area contributed by atoms with Crippen molar-refractivity contribution >= 4 is 11.0 Å². The van der Waals surface area contributed by atoms with E-state index in [1.807, 2.05) is 19.1 Å². The SMILES string of the molecule is CCOc1nnc2cc(OC)ccc2n1. The molecular formula is C10H11N3O2. The largest absolute Gasteiger partial charge is 0.497 e. The standard InChI is InChI=1S/C10H11N3O2/c1-3-15-10-11-8-5-4-7(14-2)6-9(8)12-13-10/h4-6H,3H2,1-2H3. The van der Waals surface area contributed by atoms with Gasteiger partial charge < -0.3 is 9.47 Å². The summed E-state index contributed by atoms with van der Waals surface area (Å²) in [5, 5.41) is 7.82. The zero-order valence-corrected chi connectivity index (χ0v) is 8.60. The molecule has 15 heavy (non-hydrogen) atoms. The summed E-state index contributed by atoms with van der Waals surface area (Å²) in [6.45, 7) is 2.41. The van der Waals surface area contributed by atoms with E-state index in [0.717, 1.165) is 11.3 Å². The lowest BCUT2D eigenvalue weighted by molar-refractivity contribution is 0.310. The quantitative estimate of drug-likeness (QED) is 0.758. The Morgan fingerprint density at radius 3 is 2.80 bits per heavy atom. The molecule has 1 aromatic carbocycles.